The number of benzene rings is 1. The minimum atomic E-state index is 0.0301. The van der Waals surface area contributed by atoms with Gasteiger partial charge in [-0.2, -0.15) is 4.68 Å². The number of para-hydroxylation sites is 1. The van der Waals surface area contributed by atoms with E-state index in [1.165, 1.54) is 43.2 Å². The van der Waals surface area contributed by atoms with Gasteiger partial charge in [-0.1, -0.05) is 55.9 Å². The van der Waals surface area contributed by atoms with Gasteiger partial charge in [-0.15, -0.1) is 5.10 Å². The molecule has 0 atom stereocenters. The molecule has 0 N–H and O–H groups in total. The van der Waals surface area contributed by atoms with Gasteiger partial charge in [0.15, 0.2) is 0 Å². The summed E-state index contributed by atoms with van der Waals surface area (Å²) in [7, 11) is 0. The summed E-state index contributed by atoms with van der Waals surface area (Å²) in [6.45, 7) is 0. The van der Waals surface area contributed by atoms with E-state index >= 15 is 0 Å². The highest BCUT2D eigenvalue weighted by atomic mass is 16.2. The zero-order valence-electron chi connectivity index (χ0n) is 14.2. The molecule has 24 heavy (non-hydrogen) atoms. The summed E-state index contributed by atoms with van der Waals surface area (Å²) < 4.78 is 1.53. The SMILES string of the molecule is O=C(N(C1CCCCC1)C1CCCCC1)n1nnc2ccccc21. The van der Waals surface area contributed by atoms with E-state index in [4.69, 9.17) is 0 Å². The van der Waals surface area contributed by atoms with E-state index in [1.54, 1.807) is 0 Å². The van der Waals surface area contributed by atoms with E-state index in [9.17, 15) is 4.79 Å². The topological polar surface area (TPSA) is 51.0 Å². The third kappa shape index (κ3) is 2.92. The van der Waals surface area contributed by atoms with Gasteiger partial charge in [0.25, 0.3) is 0 Å². The summed E-state index contributed by atoms with van der Waals surface area (Å²) >= 11 is 0. The summed E-state index contributed by atoms with van der Waals surface area (Å²) in [6.07, 6.45) is 12.1. The van der Waals surface area contributed by atoms with E-state index in [2.05, 4.69) is 15.2 Å². The lowest BCUT2D eigenvalue weighted by atomic mass is 9.89. The van der Waals surface area contributed by atoms with E-state index in [0.29, 0.717) is 12.1 Å². The van der Waals surface area contributed by atoms with Crippen molar-refractivity contribution in [3.8, 4) is 0 Å². The standard InChI is InChI=1S/C19H26N4O/c24-19(23-18-14-8-7-13-17(18)20-21-23)22(15-9-3-1-4-10-15)16-11-5-2-6-12-16/h7-8,13-16H,1-6,9-12H2. The maximum atomic E-state index is 13.4. The number of amides is 1. The molecule has 0 saturated heterocycles. The second-order valence-electron chi connectivity index (χ2n) is 7.26. The molecule has 2 fully saturated rings. The van der Waals surface area contributed by atoms with Crippen LogP contribution in [0.2, 0.25) is 0 Å². The Labute approximate surface area is 143 Å². The number of rotatable bonds is 2. The summed E-state index contributed by atoms with van der Waals surface area (Å²) in [5, 5.41) is 8.36. The maximum absolute atomic E-state index is 13.4. The largest absolute Gasteiger partial charge is 0.347 e. The van der Waals surface area contributed by atoms with Gasteiger partial charge in [0.1, 0.15) is 5.52 Å². The minimum Gasteiger partial charge on any atom is -0.317 e. The van der Waals surface area contributed by atoms with Gasteiger partial charge in [0.2, 0.25) is 0 Å². The van der Waals surface area contributed by atoms with Gasteiger partial charge in [-0.3, -0.25) is 0 Å². The number of fused-ring (bicyclic) bond motifs is 1. The first-order chi connectivity index (χ1) is 11.8. The molecule has 0 spiro atoms. The van der Waals surface area contributed by atoms with Gasteiger partial charge in [-0.05, 0) is 37.8 Å². The van der Waals surface area contributed by atoms with Crippen LogP contribution in [-0.2, 0) is 0 Å². The van der Waals surface area contributed by atoms with E-state index in [0.717, 1.165) is 36.7 Å². The van der Waals surface area contributed by atoms with E-state index in [-0.39, 0.29) is 6.03 Å². The second kappa shape index (κ2) is 6.91. The Hall–Kier alpha value is -1.91. The van der Waals surface area contributed by atoms with Gasteiger partial charge >= 0.3 is 6.03 Å². The van der Waals surface area contributed by atoms with Crippen LogP contribution in [0, 0.1) is 0 Å². The molecule has 0 bridgehead atoms. The van der Waals surface area contributed by atoms with Crippen LogP contribution in [0.25, 0.3) is 11.0 Å². The molecule has 0 aliphatic heterocycles. The Kier molecular flexibility index (Phi) is 4.50. The maximum Gasteiger partial charge on any atom is 0.347 e. The number of carbonyl (C=O) groups excluding carboxylic acids is 1. The number of hydrogen-bond acceptors (Lipinski definition) is 3. The van der Waals surface area contributed by atoms with Crippen LogP contribution in [-0.4, -0.2) is 38.0 Å². The summed E-state index contributed by atoms with van der Waals surface area (Å²) in [6, 6.07) is 8.51. The van der Waals surface area contributed by atoms with Crippen molar-refractivity contribution >= 4 is 17.1 Å². The Morgan fingerprint density at radius 1 is 0.917 bits per heavy atom. The predicted octanol–water partition coefficient (Wildman–Crippen LogP) is 4.37. The molecule has 0 radical (unpaired) electrons. The minimum absolute atomic E-state index is 0.0301. The lowest BCUT2D eigenvalue weighted by Crippen LogP contribution is -2.50. The second-order valence-corrected chi connectivity index (χ2v) is 7.26. The highest BCUT2D eigenvalue weighted by molar-refractivity contribution is 5.88. The van der Waals surface area contributed by atoms with Crippen LogP contribution in [0.1, 0.15) is 64.2 Å². The molecule has 5 heteroatoms. The third-order valence-corrected chi connectivity index (χ3v) is 5.69. The first-order valence-corrected chi connectivity index (χ1v) is 9.48. The molecule has 2 saturated carbocycles. The monoisotopic (exact) mass is 326 g/mol. The Bertz CT molecular complexity index is 680. The number of carbonyl (C=O) groups is 1. The Morgan fingerprint density at radius 3 is 2.12 bits per heavy atom. The molecule has 5 nitrogen and oxygen atoms in total. The van der Waals surface area contributed by atoms with Crippen molar-refractivity contribution in [1.82, 2.24) is 19.9 Å². The average molecular weight is 326 g/mol. The van der Waals surface area contributed by atoms with Crippen molar-refractivity contribution in [2.75, 3.05) is 0 Å². The summed E-state index contributed by atoms with van der Waals surface area (Å²) in [5.74, 6) is 0. The fraction of sp³-hybridized carbons (Fsp3) is 0.632. The number of aromatic nitrogens is 3. The molecule has 2 aliphatic rings. The van der Waals surface area contributed by atoms with Crippen LogP contribution in [0.15, 0.2) is 24.3 Å². The molecule has 1 heterocycles. The molecular weight excluding hydrogens is 300 g/mol. The van der Waals surface area contributed by atoms with Crippen molar-refractivity contribution in [2.24, 2.45) is 0 Å². The molecular formula is C19H26N4O. The summed E-state index contributed by atoms with van der Waals surface area (Å²) in [4.78, 5) is 15.6. The fourth-order valence-electron chi connectivity index (χ4n) is 4.45. The predicted molar refractivity (Wildman–Crippen MR) is 93.9 cm³/mol. The normalized spacial score (nSPS) is 20.3. The van der Waals surface area contributed by atoms with Crippen LogP contribution in [0.4, 0.5) is 4.79 Å². The van der Waals surface area contributed by atoms with Gasteiger partial charge < -0.3 is 4.90 Å². The molecule has 1 aromatic carbocycles. The van der Waals surface area contributed by atoms with Crippen LogP contribution >= 0.6 is 0 Å². The smallest absolute Gasteiger partial charge is 0.317 e. The van der Waals surface area contributed by atoms with Crippen molar-refractivity contribution in [3.05, 3.63) is 24.3 Å². The molecule has 1 amide bonds. The van der Waals surface area contributed by atoms with Gasteiger partial charge in [0.05, 0.1) is 5.52 Å². The lowest BCUT2D eigenvalue weighted by Gasteiger charge is -2.41. The number of hydrogen-bond donors (Lipinski definition) is 0. The molecule has 4 rings (SSSR count). The average Bonchev–Trinajstić information content (AvgIpc) is 3.08. The van der Waals surface area contributed by atoms with Crippen molar-refractivity contribution in [2.45, 2.75) is 76.3 Å². The first kappa shape index (κ1) is 15.6. The zero-order valence-corrected chi connectivity index (χ0v) is 14.2. The zero-order chi connectivity index (χ0) is 16.4. The van der Waals surface area contributed by atoms with Crippen LogP contribution in [0.5, 0.6) is 0 Å². The number of nitrogens with zero attached hydrogens (tertiary/aromatic N) is 4. The van der Waals surface area contributed by atoms with Gasteiger partial charge in [-0.25, -0.2) is 4.79 Å². The highest BCUT2D eigenvalue weighted by Crippen LogP contribution is 2.31. The van der Waals surface area contributed by atoms with Crippen LogP contribution in [0.3, 0.4) is 0 Å². The molecule has 128 valence electrons. The van der Waals surface area contributed by atoms with Crippen molar-refractivity contribution < 1.29 is 4.79 Å². The van der Waals surface area contributed by atoms with Gasteiger partial charge in [0, 0.05) is 12.1 Å². The highest BCUT2D eigenvalue weighted by Gasteiger charge is 2.34. The van der Waals surface area contributed by atoms with Crippen molar-refractivity contribution in [1.29, 1.82) is 0 Å². The van der Waals surface area contributed by atoms with E-state index in [1.807, 2.05) is 24.3 Å². The van der Waals surface area contributed by atoms with Crippen LogP contribution < -0.4 is 0 Å². The fourth-order valence-corrected chi connectivity index (χ4v) is 4.45. The first-order valence-electron chi connectivity index (χ1n) is 9.48. The van der Waals surface area contributed by atoms with Crippen molar-refractivity contribution in [3.63, 3.8) is 0 Å². The van der Waals surface area contributed by atoms with E-state index < -0.39 is 0 Å². The Morgan fingerprint density at radius 2 is 1.50 bits per heavy atom. The molecule has 2 aliphatic carbocycles. The Balaban J connectivity index is 1.67. The lowest BCUT2D eigenvalue weighted by molar-refractivity contribution is 0.104. The summed E-state index contributed by atoms with van der Waals surface area (Å²) in [5.41, 5.74) is 1.61. The quantitative estimate of drug-likeness (QED) is 0.823. The molecule has 0 unspecified atom stereocenters. The molecule has 2 aromatic rings. The molecule has 1 aromatic heterocycles. The third-order valence-electron chi connectivity index (χ3n) is 5.69.